The third-order valence-corrected chi connectivity index (χ3v) is 3.19. The Labute approximate surface area is 107 Å². The Morgan fingerprint density at radius 2 is 2.11 bits per heavy atom. The molecule has 0 amide bonds. The molecule has 0 fully saturated rings. The summed E-state index contributed by atoms with van der Waals surface area (Å²) < 4.78 is 0. The number of hydrogen-bond donors (Lipinski definition) is 1. The molecule has 2 rings (SSSR count). The summed E-state index contributed by atoms with van der Waals surface area (Å²) in [7, 11) is 0. The maximum Gasteiger partial charge on any atom is 0.339 e. The lowest BCUT2D eigenvalue weighted by molar-refractivity contribution is 0.0696. The van der Waals surface area contributed by atoms with Gasteiger partial charge in [-0.25, -0.2) is 4.79 Å². The van der Waals surface area contributed by atoms with Crippen LogP contribution in [0.25, 0.3) is 0 Å². The summed E-state index contributed by atoms with van der Waals surface area (Å²) in [6, 6.07) is 1.87. The molecular formula is C14H18N2O2. The summed E-state index contributed by atoms with van der Waals surface area (Å²) in [6.45, 7) is 7.39. The van der Waals surface area contributed by atoms with Crippen LogP contribution in [-0.4, -0.2) is 29.1 Å². The van der Waals surface area contributed by atoms with Crippen LogP contribution < -0.4 is 4.90 Å². The number of carboxylic acid groups (broad SMARTS) is 1. The van der Waals surface area contributed by atoms with E-state index < -0.39 is 5.97 Å². The lowest BCUT2D eigenvalue weighted by atomic mass is 10.1. The first-order chi connectivity index (χ1) is 8.49. The number of aromatic carboxylic acids is 1. The van der Waals surface area contributed by atoms with Gasteiger partial charge < -0.3 is 10.0 Å². The molecule has 2 heterocycles. The Kier molecular flexibility index (Phi) is 3.36. The molecule has 0 atom stereocenters. The fraction of sp³-hybridized carbons (Fsp3) is 0.429. The van der Waals surface area contributed by atoms with E-state index in [9.17, 15) is 9.90 Å². The zero-order valence-electron chi connectivity index (χ0n) is 11.0. The molecule has 4 heteroatoms. The topological polar surface area (TPSA) is 53.4 Å². The highest BCUT2D eigenvalue weighted by Gasteiger charge is 2.21. The van der Waals surface area contributed by atoms with Crippen molar-refractivity contribution in [2.45, 2.75) is 27.2 Å². The van der Waals surface area contributed by atoms with E-state index in [1.165, 1.54) is 5.57 Å². The summed E-state index contributed by atoms with van der Waals surface area (Å²) in [5.74, 6) is -0.901. The van der Waals surface area contributed by atoms with Crippen molar-refractivity contribution in [1.82, 2.24) is 4.98 Å². The molecule has 4 nitrogen and oxygen atoms in total. The highest BCUT2D eigenvalue weighted by molar-refractivity contribution is 5.95. The molecule has 0 radical (unpaired) electrons. The van der Waals surface area contributed by atoms with Crippen molar-refractivity contribution in [3.05, 3.63) is 34.7 Å². The standard InChI is InChI=1S/C14H18N2O2/c1-9-5-4-6-16(8-9)12-7-10(2)15-11(3)13(12)14(17)18/h5,7H,4,6,8H2,1-3H3,(H,17,18). The molecule has 0 saturated carbocycles. The number of aryl methyl sites for hydroxylation is 2. The van der Waals surface area contributed by atoms with Crippen LogP contribution in [0.3, 0.4) is 0 Å². The Morgan fingerprint density at radius 1 is 1.39 bits per heavy atom. The Hall–Kier alpha value is -1.84. The van der Waals surface area contributed by atoms with Gasteiger partial charge in [-0.05, 0) is 33.3 Å². The van der Waals surface area contributed by atoms with Gasteiger partial charge in [0.1, 0.15) is 5.56 Å². The van der Waals surface area contributed by atoms with Crippen molar-refractivity contribution in [2.24, 2.45) is 0 Å². The van der Waals surface area contributed by atoms with Crippen molar-refractivity contribution in [3.8, 4) is 0 Å². The predicted octanol–water partition coefficient (Wildman–Crippen LogP) is 2.55. The van der Waals surface area contributed by atoms with Crippen LogP contribution in [0, 0.1) is 13.8 Å². The fourth-order valence-electron chi connectivity index (χ4n) is 2.44. The van der Waals surface area contributed by atoms with E-state index in [-0.39, 0.29) is 0 Å². The van der Waals surface area contributed by atoms with Crippen LogP contribution in [-0.2, 0) is 0 Å². The van der Waals surface area contributed by atoms with E-state index in [4.69, 9.17) is 0 Å². The van der Waals surface area contributed by atoms with Crippen molar-refractivity contribution in [1.29, 1.82) is 0 Å². The second kappa shape index (κ2) is 4.80. The van der Waals surface area contributed by atoms with Gasteiger partial charge in [0.25, 0.3) is 0 Å². The fourth-order valence-corrected chi connectivity index (χ4v) is 2.44. The number of carboxylic acids is 1. The van der Waals surface area contributed by atoms with Gasteiger partial charge in [-0.15, -0.1) is 0 Å². The van der Waals surface area contributed by atoms with Crippen LogP contribution in [0.4, 0.5) is 5.69 Å². The molecule has 1 aliphatic rings. The van der Waals surface area contributed by atoms with Crippen molar-refractivity contribution in [2.75, 3.05) is 18.0 Å². The minimum absolute atomic E-state index is 0.329. The van der Waals surface area contributed by atoms with Crippen molar-refractivity contribution < 1.29 is 9.90 Å². The van der Waals surface area contributed by atoms with Gasteiger partial charge >= 0.3 is 5.97 Å². The van der Waals surface area contributed by atoms with E-state index >= 15 is 0 Å². The van der Waals surface area contributed by atoms with Crippen LogP contribution in [0.15, 0.2) is 17.7 Å². The third kappa shape index (κ3) is 2.37. The van der Waals surface area contributed by atoms with Gasteiger partial charge in [0.2, 0.25) is 0 Å². The number of aromatic nitrogens is 1. The lowest BCUT2D eigenvalue weighted by Crippen LogP contribution is -2.31. The summed E-state index contributed by atoms with van der Waals surface area (Å²) in [4.78, 5) is 17.8. The number of rotatable bonds is 2. The molecular weight excluding hydrogens is 228 g/mol. The molecule has 1 aromatic heterocycles. The molecule has 0 saturated heterocycles. The zero-order chi connectivity index (χ0) is 13.3. The minimum Gasteiger partial charge on any atom is -0.478 e. The molecule has 0 aromatic carbocycles. The average molecular weight is 246 g/mol. The molecule has 0 spiro atoms. The molecule has 1 aromatic rings. The molecule has 18 heavy (non-hydrogen) atoms. The first kappa shape index (κ1) is 12.6. The quantitative estimate of drug-likeness (QED) is 0.815. The second-order valence-electron chi connectivity index (χ2n) is 4.81. The van der Waals surface area contributed by atoms with Crippen LogP contribution in [0.5, 0.6) is 0 Å². The number of nitrogens with zero attached hydrogens (tertiary/aromatic N) is 2. The summed E-state index contributed by atoms with van der Waals surface area (Å²) >= 11 is 0. The number of anilines is 1. The Bertz CT molecular complexity index is 521. The van der Waals surface area contributed by atoms with E-state index in [2.05, 4.69) is 22.9 Å². The molecule has 0 unspecified atom stereocenters. The van der Waals surface area contributed by atoms with Crippen LogP contribution in [0.2, 0.25) is 0 Å². The lowest BCUT2D eigenvalue weighted by Gasteiger charge is -2.30. The van der Waals surface area contributed by atoms with Gasteiger partial charge in [-0.2, -0.15) is 0 Å². The third-order valence-electron chi connectivity index (χ3n) is 3.19. The van der Waals surface area contributed by atoms with Gasteiger partial charge in [0.05, 0.1) is 11.4 Å². The molecule has 96 valence electrons. The van der Waals surface area contributed by atoms with Gasteiger partial charge in [0.15, 0.2) is 0 Å². The highest BCUT2D eigenvalue weighted by Crippen LogP contribution is 2.26. The van der Waals surface area contributed by atoms with E-state index in [0.717, 1.165) is 30.9 Å². The SMILES string of the molecule is CC1=CCCN(c2cc(C)nc(C)c2C(=O)O)C1. The van der Waals surface area contributed by atoms with E-state index in [1.54, 1.807) is 6.92 Å². The first-order valence-electron chi connectivity index (χ1n) is 6.11. The monoisotopic (exact) mass is 246 g/mol. The molecule has 0 bridgehead atoms. The first-order valence-corrected chi connectivity index (χ1v) is 6.11. The molecule has 1 aliphatic heterocycles. The Balaban J connectivity index is 2.49. The average Bonchev–Trinajstić information content (AvgIpc) is 2.27. The summed E-state index contributed by atoms with van der Waals surface area (Å²) in [5.41, 5.74) is 3.85. The Morgan fingerprint density at radius 3 is 2.72 bits per heavy atom. The summed E-state index contributed by atoms with van der Waals surface area (Å²) in [6.07, 6.45) is 3.17. The van der Waals surface area contributed by atoms with Crippen LogP contribution >= 0.6 is 0 Å². The number of hydrogen-bond acceptors (Lipinski definition) is 3. The van der Waals surface area contributed by atoms with Gasteiger partial charge in [0, 0.05) is 18.8 Å². The van der Waals surface area contributed by atoms with Crippen molar-refractivity contribution in [3.63, 3.8) is 0 Å². The van der Waals surface area contributed by atoms with E-state index in [1.807, 2.05) is 13.0 Å². The smallest absolute Gasteiger partial charge is 0.339 e. The van der Waals surface area contributed by atoms with Gasteiger partial charge in [-0.1, -0.05) is 11.6 Å². The largest absolute Gasteiger partial charge is 0.478 e. The number of pyridine rings is 1. The summed E-state index contributed by atoms with van der Waals surface area (Å²) in [5, 5.41) is 9.35. The zero-order valence-corrected chi connectivity index (χ0v) is 11.0. The second-order valence-corrected chi connectivity index (χ2v) is 4.81. The maximum atomic E-state index is 11.4. The normalized spacial score (nSPS) is 15.5. The molecule has 0 aliphatic carbocycles. The van der Waals surface area contributed by atoms with Gasteiger partial charge in [-0.3, -0.25) is 4.98 Å². The van der Waals surface area contributed by atoms with E-state index in [0.29, 0.717) is 11.3 Å². The van der Waals surface area contributed by atoms with Crippen LogP contribution in [0.1, 0.15) is 35.1 Å². The minimum atomic E-state index is -0.901. The molecule has 1 N–H and O–H groups in total. The maximum absolute atomic E-state index is 11.4. The number of carbonyl (C=O) groups is 1. The highest BCUT2D eigenvalue weighted by atomic mass is 16.4. The predicted molar refractivity (Wildman–Crippen MR) is 71.3 cm³/mol. The van der Waals surface area contributed by atoms with Crippen molar-refractivity contribution >= 4 is 11.7 Å².